The van der Waals surface area contributed by atoms with Gasteiger partial charge in [-0.25, -0.2) is 0 Å². The van der Waals surface area contributed by atoms with Gasteiger partial charge < -0.3 is 15.5 Å². The zero-order chi connectivity index (χ0) is 15.3. The molecule has 0 fully saturated rings. The van der Waals surface area contributed by atoms with Gasteiger partial charge in [0, 0.05) is 32.9 Å². The van der Waals surface area contributed by atoms with E-state index in [1.807, 2.05) is 30.9 Å². The summed E-state index contributed by atoms with van der Waals surface area (Å²) in [6.45, 7) is 2.17. The molecular weight excluding hydrogens is 270 g/mol. The minimum Gasteiger partial charge on any atom is -0.399 e. The lowest BCUT2D eigenvalue weighted by Gasteiger charge is -2.29. The number of carbonyl (C=O) groups excluding carboxylic acids is 1. The average Bonchev–Trinajstić information content (AvgIpc) is 2.42. The fourth-order valence-electron chi connectivity index (χ4n) is 1.98. The van der Waals surface area contributed by atoms with Gasteiger partial charge in [-0.3, -0.25) is 4.79 Å². The molecular formula is C15H25N3OS. The number of carbonyl (C=O) groups is 1. The third-order valence-corrected chi connectivity index (χ3v) is 4.08. The van der Waals surface area contributed by atoms with E-state index in [9.17, 15) is 4.79 Å². The molecule has 1 aromatic rings. The number of hydrogen-bond donors (Lipinski definition) is 1. The van der Waals surface area contributed by atoms with E-state index in [1.54, 1.807) is 25.1 Å². The monoisotopic (exact) mass is 295 g/mol. The predicted molar refractivity (Wildman–Crippen MR) is 89.7 cm³/mol. The van der Waals surface area contributed by atoms with Crippen molar-refractivity contribution in [3.05, 3.63) is 23.8 Å². The molecule has 0 spiro atoms. The first-order valence-electron chi connectivity index (χ1n) is 6.71. The fraction of sp³-hybridized carbons (Fsp3) is 0.533. The third-order valence-electron chi connectivity index (χ3n) is 3.44. The van der Waals surface area contributed by atoms with Crippen molar-refractivity contribution >= 4 is 29.0 Å². The van der Waals surface area contributed by atoms with E-state index in [0.29, 0.717) is 17.3 Å². The van der Waals surface area contributed by atoms with Crippen molar-refractivity contribution in [2.75, 3.05) is 43.8 Å². The zero-order valence-electron chi connectivity index (χ0n) is 13.0. The van der Waals surface area contributed by atoms with Crippen LogP contribution in [-0.2, 0) is 0 Å². The van der Waals surface area contributed by atoms with Crippen LogP contribution in [0.15, 0.2) is 18.2 Å². The lowest BCUT2D eigenvalue weighted by Crippen LogP contribution is -2.32. The second kappa shape index (κ2) is 7.43. The topological polar surface area (TPSA) is 49.6 Å². The zero-order valence-corrected chi connectivity index (χ0v) is 13.8. The summed E-state index contributed by atoms with van der Waals surface area (Å²) >= 11 is 1.83. The quantitative estimate of drug-likeness (QED) is 0.819. The molecule has 1 atom stereocenters. The van der Waals surface area contributed by atoms with Gasteiger partial charge in [0.2, 0.25) is 0 Å². The summed E-state index contributed by atoms with van der Waals surface area (Å²) < 4.78 is 0. The van der Waals surface area contributed by atoms with E-state index in [4.69, 9.17) is 5.73 Å². The summed E-state index contributed by atoms with van der Waals surface area (Å²) in [6.07, 6.45) is 3.18. The summed E-state index contributed by atoms with van der Waals surface area (Å²) in [6, 6.07) is 5.83. The molecule has 1 unspecified atom stereocenters. The first kappa shape index (κ1) is 16.7. The third kappa shape index (κ3) is 4.07. The van der Waals surface area contributed by atoms with E-state index in [1.165, 1.54) is 0 Å². The molecule has 0 aliphatic carbocycles. The Morgan fingerprint density at radius 3 is 2.55 bits per heavy atom. The number of nitrogen functional groups attached to an aromatic ring is 1. The molecule has 0 aliphatic rings. The lowest BCUT2D eigenvalue weighted by molar-refractivity contribution is 0.0828. The van der Waals surface area contributed by atoms with Crippen LogP contribution in [-0.4, -0.2) is 50.0 Å². The van der Waals surface area contributed by atoms with Gasteiger partial charge >= 0.3 is 0 Å². The minimum absolute atomic E-state index is 0.00363. The van der Waals surface area contributed by atoms with Crippen molar-refractivity contribution in [3.8, 4) is 0 Å². The summed E-state index contributed by atoms with van der Waals surface area (Å²) in [5.74, 6) is 1.11. The molecule has 1 rings (SSSR count). The van der Waals surface area contributed by atoms with Gasteiger partial charge in [0.25, 0.3) is 5.91 Å². The van der Waals surface area contributed by atoms with Crippen LogP contribution in [0.2, 0.25) is 0 Å². The Morgan fingerprint density at radius 1 is 1.35 bits per heavy atom. The number of amides is 1. The van der Waals surface area contributed by atoms with Crippen molar-refractivity contribution in [1.82, 2.24) is 4.90 Å². The molecule has 0 aliphatic heterocycles. The Bertz CT molecular complexity index is 462. The van der Waals surface area contributed by atoms with E-state index in [0.717, 1.165) is 17.9 Å². The number of benzene rings is 1. The molecule has 5 heteroatoms. The number of anilines is 2. The molecule has 1 aromatic carbocycles. The normalized spacial score (nSPS) is 12.1. The maximum absolute atomic E-state index is 12.3. The summed E-state index contributed by atoms with van der Waals surface area (Å²) in [4.78, 5) is 16.0. The van der Waals surface area contributed by atoms with Gasteiger partial charge in [0.15, 0.2) is 0 Å². The Balaban J connectivity index is 3.08. The number of rotatable bonds is 6. The Morgan fingerprint density at radius 2 is 2.00 bits per heavy atom. The van der Waals surface area contributed by atoms with Crippen LogP contribution in [0.3, 0.4) is 0 Å². The Hall–Kier alpha value is -1.36. The van der Waals surface area contributed by atoms with Gasteiger partial charge in [-0.05, 0) is 43.6 Å². The number of nitrogens with zero attached hydrogens (tertiary/aromatic N) is 2. The molecule has 2 N–H and O–H groups in total. The first-order valence-corrected chi connectivity index (χ1v) is 8.10. The number of nitrogens with two attached hydrogens (primary N) is 1. The van der Waals surface area contributed by atoms with Gasteiger partial charge in [-0.15, -0.1) is 0 Å². The average molecular weight is 295 g/mol. The second-order valence-electron chi connectivity index (χ2n) is 5.22. The predicted octanol–water partition coefficient (Wildman–Crippen LogP) is 2.55. The van der Waals surface area contributed by atoms with E-state index in [-0.39, 0.29) is 5.91 Å². The highest BCUT2D eigenvalue weighted by molar-refractivity contribution is 7.98. The lowest BCUT2D eigenvalue weighted by atomic mass is 10.1. The number of thioether (sulfide) groups is 1. The van der Waals surface area contributed by atoms with Gasteiger partial charge in [-0.2, -0.15) is 11.8 Å². The van der Waals surface area contributed by atoms with Gasteiger partial charge in [-0.1, -0.05) is 0 Å². The number of hydrogen-bond acceptors (Lipinski definition) is 4. The van der Waals surface area contributed by atoms with Gasteiger partial charge in [0.05, 0.1) is 11.3 Å². The van der Waals surface area contributed by atoms with Crippen LogP contribution in [0.25, 0.3) is 0 Å². The standard InChI is InChI=1S/C15H25N3OS/c1-11(8-9-20-5)18(4)14-10-12(16)6-7-13(14)15(19)17(2)3/h6-7,10-11H,8-9,16H2,1-5H3. The Kier molecular flexibility index (Phi) is 6.20. The van der Waals surface area contributed by atoms with Gasteiger partial charge in [0.1, 0.15) is 0 Å². The molecule has 4 nitrogen and oxygen atoms in total. The van der Waals surface area contributed by atoms with Crippen molar-refractivity contribution in [1.29, 1.82) is 0 Å². The van der Waals surface area contributed by atoms with E-state index in [2.05, 4.69) is 18.1 Å². The molecule has 0 saturated heterocycles. The molecule has 0 aromatic heterocycles. The van der Waals surface area contributed by atoms with Crippen LogP contribution in [0.5, 0.6) is 0 Å². The maximum atomic E-state index is 12.3. The highest BCUT2D eigenvalue weighted by atomic mass is 32.2. The Labute approximate surface area is 126 Å². The molecule has 20 heavy (non-hydrogen) atoms. The largest absolute Gasteiger partial charge is 0.399 e. The van der Waals surface area contributed by atoms with Crippen LogP contribution >= 0.6 is 11.8 Å². The maximum Gasteiger partial charge on any atom is 0.255 e. The SMILES string of the molecule is CSCCC(C)N(C)c1cc(N)ccc1C(=O)N(C)C. The second-order valence-corrected chi connectivity index (χ2v) is 6.20. The van der Waals surface area contributed by atoms with Crippen LogP contribution in [0.1, 0.15) is 23.7 Å². The molecule has 1 amide bonds. The van der Waals surface area contributed by atoms with Crippen molar-refractivity contribution in [2.24, 2.45) is 0 Å². The molecule has 0 heterocycles. The van der Waals surface area contributed by atoms with Crippen LogP contribution in [0, 0.1) is 0 Å². The van der Waals surface area contributed by atoms with Crippen LogP contribution < -0.4 is 10.6 Å². The smallest absolute Gasteiger partial charge is 0.255 e. The first-order chi connectivity index (χ1) is 9.38. The van der Waals surface area contributed by atoms with Crippen molar-refractivity contribution in [3.63, 3.8) is 0 Å². The summed E-state index contributed by atoms with van der Waals surface area (Å²) in [5, 5.41) is 0. The molecule has 112 valence electrons. The molecule has 0 saturated carbocycles. The summed E-state index contributed by atoms with van der Waals surface area (Å²) in [7, 11) is 5.55. The molecule has 0 bridgehead atoms. The minimum atomic E-state index is 0.00363. The van der Waals surface area contributed by atoms with E-state index < -0.39 is 0 Å². The summed E-state index contributed by atoms with van der Waals surface area (Å²) in [5.41, 5.74) is 8.16. The van der Waals surface area contributed by atoms with Crippen molar-refractivity contribution in [2.45, 2.75) is 19.4 Å². The fourth-order valence-corrected chi connectivity index (χ4v) is 2.56. The van der Waals surface area contributed by atoms with Crippen molar-refractivity contribution < 1.29 is 4.79 Å². The highest BCUT2D eigenvalue weighted by Crippen LogP contribution is 2.26. The van der Waals surface area contributed by atoms with E-state index >= 15 is 0 Å². The highest BCUT2D eigenvalue weighted by Gasteiger charge is 2.19. The van der Waals surface area contributed by atoms with Crippen LogP contribution in [0.4, 0.5) is 11.4 Å². The molecule has 0 radical (unpaired) electrons.